The molecule has 1 atom stereocenters. The molecule has 0 aromatic heterocycles. The number of nitrogens with two attached hydrogens (primary N) is 1. The maximum absolute atomic E-state index is 5.71. The summed E-state index contributed by atoms with van der Waals surface area (Å²) >= 11 is 5.21. The Hall–Kier alpha value is -1.01. The standard InChI is InChI=1S/C16H19BrN2OS/c1-2-20-14-5-3-4-12(10-14)16(19-18)11-21-15-8-6-13(17)7-9-15/h3-10,16,19H,2,11,18H2,1H3. The van der Waals surface area contributed by atoms with Crippen LogP contribution in [0.2, 0.25) is 0 Å². The van der Waals surface area contributed by atoms with Gasteiger partial charge in [0, 0.05) is 15.1 Å². The topological polar surface area (TPSA) is 47.3 Å². The van der Waals surface area contributed by atoms with Crippen LogP contribution in [0.4, 0.5) is 0 Å². The molecule has 0 fully saturated rings. The summed E-state index contributed by atoms with van der Waals surface area (Å²) in [6, 6.07) is 16.4. The molecule has 0 amide bonds. The predicted molar refractivity (Wildman–Crippen MR) is 92.5 cm³/mol. The normalized spacial score (nSPS) is 12.1. The van der Waals surface area contributed by atoms with Crippen molar-refractivity contribution in [1.82, 2.24) is 5.43 Å². The van der Waals surface area contributed by atoms with Gasteiger partial charge < -0.3 is 4.74 Å². The molecule has 0 heterocycles. The summed E-state index contributed by atoms with van der Waals surface area (Å²) in [4.78, 5) is 1.22. The molecule has 3 N–H and O–H groups in total. The number of hydrogen-bond donors (Lipinski definition) is 2. The summed E-state index contributed by atoms with van der Waals surface area (Å²) in [5, 5.41) is 0. The number of halogens is 1. The molecule has 1 unspecified atom stereocenters. The van der Waals surface area contributed by atoms with Crippen LogP contribution in [-0.4, -0.2) is 12.4 Å². The monoisotopic (exact) mass is 366 g/mol. The summed E-state index contributed by atoms with van der Waals surface area (Å²) in [7, 11) is 0. The molecule has 2 aromatic carbocycles. The first kappa shape index (κ1) is 16.4. The number of hydrogen-bond acceptors (Lipinski definition) is 4. The Bertz CT molecular complexity index is 562. The second-order valence-electron chi connectivity index (χ2n) is 4.49. The molecular formula is C16H19BrN2OS. The first-order chi connectivity index (χ1) is 10.2. The summed E-state index contributed by atoms with van der Waals surface area (Å²) in [6.07, 6.45) is 0. The number of nitrogens with one attached hydrogen (secondary N) is 1. The third-order valence-electron chi connectivity index (χ3n) is 3.00. The quantitative estimate of drug-likeness (QED) is 0.439. The Balaban J connectivity index is 2.02. The highest BCUT2D eigenvalue weighted by Crippen LogP contribution is 2.27. The first-order valence-corrected chi connectivity index (χ1v) is 8.58. The number of ether oxygens (including phenoxy) is 1. The van der Waals surface area contributed by atoms with Gasteiger partial charge in [0.25, 0.3) is 0 Å². The van der Waals surface area contributed by atoms with Gasteiger partial charge in [0.2, 0.25) is 0 Å². The smallest absolute Gasteiger partial charge is 0.119 e. The lowest BCUT2D eigenvalue weighted by atomic mass is 10.1. The van der Waals surface area contributed by atoms with Gasteiger partial charge in [0.1, 0.15) is 5.75 Å². The Labute approximate surface area is 138 Å². The van der Waals surface area contributed by atoms with Crippen molar-refractivity contribution in [3.05, 3.63) is 58.6 Å². The van der Waals surface area contributed by atoms with Gasteiger partial charge in [0.15, 0.2) is 0 Å². The molecule has 0 saturated heterocycles. The third-order valence-corrected chi connectivity index (χ3v) is 4.64. The number of hydrazine groups is 1. The van der Waals surface area contributed by atoms with E-state index in [1.807, 2.05) is 37.3 Å². The van der Waals surface area contributed by atoms with E-state index in [0.29, 0.717) is 6.61 Å². The molecule has 112 valence electrons. The highest BCUT2D eigenvalue weighted by Gasteiger charge is 2.11. The molecule has 0 aliphatic carbocycles. The van der Waals surface area contributed by atoms with Crippen LogP contribution < -0.4 is 16.0 Å². The van der Waals surface area contributed by atoms with Crippen LogP contribution in [-0.2, 0) is 0 Å². The molecule has 2 aromatic rings. The summed E-state index contributed by atoms with van der Waals surface area (Å²) in [5.41, 5.74) is 4.02. The minimum Gasteiger partial charge on any atom is -0.494 e. The van der Waals surface area contributed by atoms with Crippen molar-refractivity contribution in [3.8, 4) is 5.75 Å². The van der Waals surface area contributed by atoms with Gasteiger partial charge in [-0.1, -0.05) is 28.1 Å². The molecule has 5 heteroatoms. The molecule has 21 heavy (non-hydrogen) atoms. The Morgan fingerprint density at radius 3 is 2.67 bits per heavy atom. The maximum atomic E-state index is 5.71. The largest absolute Gasteiger partial charge is 0.494 e. The van der Waals surface area contributed by atoms with Gasteiger partial charge in [-0.25, -0.2) is 0 Å². The van der Waals surface area contributed by atoms with Crippen LogP contribution in [0, 0.1) is 0 Å². The first-order valence-electron chi connectivity index (χ1n) is 6.80. The van der Waals surface area contributed by atoms with E-state index in [4.69, 9.17) is 10.6 Å². The second kappa shape index (κ2) is 8.44. The van der Waals surface area contributed by atoms with E-state index in [1.165, 1.54) is 4.90 Å². The number of rotatable bonds is 7. The van der Waals surface area contributed by atoms with Crippen molar-refractivity contribution in [2.45, 2.75) is 17.9 Å². The fourth-order valence-corrected chi connectivity index (χ4v) is 3.18. The van der Waals surface area contributed by atoms with Gasteiger partial charge in [-0.2, -0.15) is 0 Å². The molecule has 0 radical (unpaired) electrons. The van der Waals surface area contributed by atoms with E-state index in [9.17, 15) is 0 Å². The van der Waals surface area contributed by atoms with Gasteiger partial charge in [-0.05, 0) is 48.9 Å². The summed E-state index contributed by atoms with van der Waals surface area (Å²) in [5.74, 6) is 7.44. The zero-order valence-electron chi connectivity index (χ0n) is 11.9. The number of benzene rings is 2. The maximum Gasteiger partial charge on any atom is 0.119 e. The lowest BCUT2D eigenvalue weighted by Gasteiger charge is -2.17. The molecule has 0 bridgehead atoms. The molecule has 0 spiro atoms. The Kier molecular flexibility index (Phi) is 6.57. The highest BCUT2D eigenvalue weighted by molar-refractivity contribution is 9.10. The third kappa shape index (κ3) is 5.04. The van der Waals surface area contributed by atoms with Crippen LogP contribution in [0.25, 0.3) is 0 Å². The highest BCUT2D eigenvalue weighted by atomic mass is 79.9. The van der Waals surface area contributed by atoms with Crippen molar-refractivity contribution in [2.24, 2.45) is 5.84 Å². The van der Waals surface area contributed by atoms with E-state index < -0.39 is 0 Å². The van der Waals surface area contributed by atoms with Crippen molar-refractivity contribution >= 4 is 27.7 Å². The van der Waals surface area contributed by atoms with Gasteiger partial charge in [-0.3, -0.25) is 11.3 Å². The average molecular weight is 367 g/mol. The van der Waals surface area contributed by atoms with Crippen molar-refractivity contribution in [1.29, 1.82) is 0 Å². The predicted octanol–water partition coefficient (Wildman–Crippen LogP) is 4.14. The van der Waals surface area contributed by atoms with E-state index in [0.717, 1.165) is 21.5 Å². The average Bonchev–Trinajstić information content (AvgIpc) is 2.50. The van der Waals surface area contributed by atoms with E-state index >= 15 is 0 Å². The Morgan fingerprint density at radius 2 is 2.00 bits per heavy atom. The van der Waals surface area contributed by atoms with Gasteiger partial charge in [0.05, 0.1) is 12.6 Å². The molecule has 0 saturated carbocycles. The van der Waals surface area contributed by atoms with Crippen LogP contribution >= 0.6 is 27.7 Å². The minimum atomic E-state index is 0.0825. The zero-order chi connectivity index (χ0) is 15.1. The van der Waals surface area contributed by atoms with Gasteiger partial charge >= 0.3 is 0 Å². The van der Waals surface area contributed by atoms with E-state index in [1.54, 1.807) is 11.8 Å². The van der Waals surface area contributed by atoms with Crippen LogP contribution in [0.5, 0.6) is 5.75 Å². The van der Waals surface area contributed by atoms with E-state index in [2.05, 4.69) is 39.6 Å². The minimum absolute atomic E-state index is 0.0825. The van der Waals surface area contributed by atoms with Crippen LogP contribution in [0.15, 0.2) is 57.9 Å². The summed E-state index contributed by atoms with van der Waals surface area (Å²) < 4.78 is 6.62. The van der Waals surface area contributed by atoms with Crippen molar-refractivity contribution in [2.75, 3.05) is 12.4 Å². The lowest BCUT2D eigenvalue weighted by molar-refractivity contribution is 0.339. The van der Waals surface area contributed by atoms with Gasteiger partial charge in [-0.15, -0.1) is 11.8 Å². The molecule has 0 aliphatic heterocycles. The second-order valence-corrected chi connectivity index (χ2v) is 6.50. The van der Waals surface area contributed by atoms with Crippen LogP contribution in [0.3, 0.4) is 0 Å². The fraction of sp³-hybridized carbons (Fsp3) is 0.250. The summed E-state index contributed by atoms with van der Waals surface area (Å²) in [6.45, 7) is 2.65. The van der Waals surface area contributed by atoms with Crippen molar-refractivity contribution in [3.63, 3.8) is 0 Å². The molecule has 3 nitrogen and oxygen atoms in total. The molecular weight excluding hydrogens is 348 g/mol. The van der Waals surface area contributed by atoms with Crippen LogP contribution in [0.1, 0.15) is 18.5 Å². The Morgan fingerprint density at radius 1 is 1.24 bits per heavy atom. The molecule has 2 rings (SSSR count). The SMILES string of the molecule is CCOc1cccc(C(CSc2ccc(Br)cc2)NN)c1. The zero-order valence-corrected chi connectivity index (χ0v) is 14.3. The molecule has 0 aliphatic rings. The fourth-order valence-electron chi connectivity index (χ4n) is 1.94. The van der Waals surface area contributed by atoms with E-state index in [-0.39, 0.29) is 6.04 Å². The van der Waals surface area contributed by atoms with Crippen molar-refractivity contribution < 1.29 is 4.74 Å². The number of thioether (sulfide) groups is 1. The lowest BCUT2D eigenvalue weighted by Crippen LogP contribution is -2.29.